The molecule has 0 spiro atoms. The average molecular weight is 321 g/mol. The predicted molar refractivity (Wildman–Crippen MR) is 88.4 cm³/mol. The highest BCUT2D eigenvalue weighted by molar-refractivity contribution is 7.15. The van der Waals surface area contributed by atoms with E-state index >= 15 is 0 Å². The Balaban J connectivity index is 1.83. The molecule has 3 rings (SSSR count). The van der Waals surface area contributed by atoms with Crippen LogP contribution in [-0.2, 0) is 6.54 Å². The summed E-state index contributed by atoms with van der Waals surface area (Å²) in [5.41, 5.74) is 1.08. The number of nitrogens with one attached hydrogen (secondary N) is 1. The van der Waals surface area contributed by atoms with E-state index in [0.717, 1.165) is 17.2 Å². The molecule has 0 amide bonds. The molecule has 0 fully saturated rings. The van der Waals surface area contributed by atoms with Gasteiger partial charge in [-0.05, 0) is 17.4 Å². The number of imidazole rings is 1. The van der Waals surface area contributed by atoms with Crippen LogP contribution in [-0.4, -0.2) is 16.5 Å². The lowest BCUT2D eigenvalue weighted by atomic mass is 10.0. The molecule has 3 heterocycles. The summed E-state index contributed by atoms with van der Waals surface area (Å²) in [6.45, 7) is 5.22. The Morgan fingerprint density at radius 2 is 2.19 bits per heavy atom. The number of nitrogens with zero attached hydrogens (tertiary/aromatic N) is 2. The summed E-state index contributed by atoms with van der Waals surface area (Å²) in [7, 11) is 1.68. The summed E-state index contributed by atoms with van der Waals surface area (Å²) in [4.78, 5) is 6.84. The molecule has 0 saturated heterocycles. The van der Waals surface area contributed by atoms with Gasteiger partial charge < -0.3 is 10.1 Å². The molecule has 21 heavy (non-hydrogen) atoms. The zero-order valence-electron chi connectivity index (χ0n) is 12.4. The van der Waals surface area contributed by atoms with Gasteiger partial charge in [0.2, 0.25) is 5.88 Å². The van der Waals surface area contributed by atoms with Gasteiger partial charge in [0.05, 0.1) is 7.11 Å². The summed E-state index contributed by atoms with van der Waals surface area (Å²) >= 11 is 3.42. The molecule has 0 aliphatic carbocycles. The maximum Gasteiger partial charge on any atom is 0.237 e. The van der Waals surface area contributed by atoms with Crippen LogP contribution in [0.4, 0.5) is 0 Å². The van der Waals surface area contributed by atoms with Crippen molar-refractivity contribution in [2.75, 3.05) is 7.11 Å². The van der Waals surface area contributed by atoms with Crippen molar-refractivity contribution in [1.29, 1.82) is 0 Å². The molecule has 0 bridgehead atoms. The molecule has 1 N–H and O–H groups in total. The number of aromatic nitrogens is 2. The Kier molecular flexibility index (Phi) is 4.28. The molecule has 1 unspecified atom stereocenters. The summed E-state index contributed by atoms with van der Waals surface area (Å²) in [5.74, 6) is 1.24. The predicted octanol–water partition coefficient (Wildman–Crippen LogP) is 3.95. The van der Waals surface area contributed by atoms with Gasteiger partial charge in [0.15, 0.2) is 4.96 Å². The van der Waals surface area contributed by atoms with Gasteiger partial charge >= 0.3 is 0 Å². The van der Waals surface area contributed by atoms with Gasteiger partial charge in [-0.3, -0.25) is 4.40 Å². The lowest BCUT2D eigenvalue weighted by Gasteiger charge is -2.21. The Morgan fingerprint density at radius 3 is 2.86 bits per heavy atom. The Bertz CT molecular complexity index is 700. The highest BCUT2D eigenvalue weighted by Crippen LogP contribution is 2.28. The largest absolute Gasteiger partial charge is 0.480 e. The zero-order chi connectivity index (χ0) is 14.8. The van der Waals surface area contributed by atoms with Gasteiger partial charge in [-0.15, -0.1) is 22.7 Å². The van der Waals surface area contributed by atoms with Crippen molar-refractivity contribution in [2.45, 2.75) is 26.4 Å². The standard InChI is InChI=1S/C15H19N3OS2/c1-10(2)13(12-5-4-7-20-12)16-9-11-14(19-3)17-15-18(11)6-8-21-15/h4-8,10,13,16H,9H2,1-3H3. The molecule has 1 atom stereocenters. The fraction of sp³-hybridized carbons (Fsp3) is 0.400. The molecule has 0 aliphatic rings. The quantitative estimate of drug-likeness (QED) is 0.747. The Hall–Kier alpha value is -1.37. The van der Waals surface area contributed by atoms with Crippen molar-refractivity contribution in [3.05, 3.63) is 39.7 Å². The number of thiazole rings is 1. The third-order valence-electron chi connectivity index (χ3n) is 3.52. The zero-order valence-corrected chi connectivity index (χ0v) is 14.0. The molecule has 0 aliphatic heterocycles. The number of fused-ring (bicyclic) bond motifs is 1. The van der Waals surface area contributed by atoms with Gasteiger partial charge in [0.25, 0.3) is 0 Å². The van der Waals surface area contributed by atoms with Crippen LogP contribution < -0.4 is 10.1 Å². The summed E-state index contributed by atoms with van der Waals surface area (Å²) in [6, 6.07) is 4.64. The number of ether oxygens (including phenoxy) is 1. The highest BCUT2D eigenvalue weighted by Gasteiger charge is 2.19. The molecule has 6 heteroatoms. The van der Waals surface area contributed by atoms with Gasteiger partial charge in [0.1, 0.15) is 5.69 Å². The maximum atomic E-state index is 5.41. The van der Waals surface area contributed by atoms with E-state index in [4.69, 9.17) is 4.74 Å². The smallest absolute Gasteiger partial charge is 0.237 e. The second kappa shape index (κ2) is 6.17. The van der Waals surface area contributed by atoms with E-state index in [-0.39, 0.29) is 0 Å². The maximum absolute atomic E-state index is 5.41. The number of rotatable bonds is 6. The van der Waals surface area contributed by atoms with Crippen LogP contribution in [0, 0.1) is 5.92 Å². The first kappa shape index (κ1) is 14.6. The third-order valence-corrected chi connectivity index (χ3v) is 5.24. The Labute approximate surface area is 132 Å². The first-order chi connectivity index (χ1) is 10.2. The molecular weight excluding hydrogens is 302 g/mol. The molecule has 112 valence electrons. The summed E-state index contributed by atoms with van der Waals surface area (Å²) in [5, 5.41) is 7.83. The number of hydrogen-bond donors (Lipinski definition) is 1. The number of thiophene rings is 1. The molecule has 0 saturated carbocycles. The van der Waals surface area contributed by atoms with E-state index < -0.39 is 0 Å². The van der Waals surface area contributed by atoms with Gasteiger partial charge in [-0.1, -0.05) is 19.9 Å². The second-order valence-corrected chi connectivity index (χ2v) is 7.09. The minimum Gasteiger partial charge on any atom is -0.480 e. The van der Waals surface area contributed by atoms with Crippen LogP contribution >= 0.6 is 22.7 Å². The van der Waals surface area contributed by atoms with Crippen LogP contribution in [0.2, 0.25) is 0 Å². The normalized spacial score (nSPS) is 13.1. The minimum absolute atomic E-state index is 0.346. The fourth-order valence-electron chi connectivity index (χ4n) is 2.48. The van der Waals surface area contributed by atoms with Crippen LogP contribution in [0.1, 0.15) is 30.5 Å². The Morgan fingerprint density at radius 1 is 1.33 bits per heavy atom. The van der Waals surface area contributed by atoms with Gasteiger partial charge in [-0.2, -0.15) is 4.98 Å². The van der Waals surface area contributed by atoms with Crippen molar-refractivity contribution in [2.24, 2.45) is 5.92 Å². The van der Waals surface area contributed by atoms with Gasteiger partial charge in [0, 0.05) is 29.0 Å². The average Bonchev–Trinajstić information content (AvgIpc) is 3.15. The van der Waals surface area contributed by atoms with Crippen LogP contribution in [0.25, 0.3) is 4.96 Å². The van der Waals surface area contributed by atoms with Crippen molar-refractivity contribution in [3.8, 4) is 5.88 Å². The second-order valence-electron chi connectivity index (χ2n) is 5.24. The van der Waals surface area contributed by atoms with E-state index in [9.17, 15) is 0 Å². The topological polar surface area (TPSA) is 38.6 Å². The van der Waals surface area contributed by atoms with Gasteiger partial charge in [-0.25, -0.2) is 0 Å². The molecule has 3 aromatic heterocycles. The lowest BCUT2D eigenvalue weighted by molar-refractivity contribution is 0.380. The monoisotopic (exact) mass is 321 g/mol. The van der Waals surface area contributed by atoms with E-state index in [0.29, 0.717) is 17.8 Å². The molecule has 4 nitrogen and oxygen atoms in total. The van der Waals surface area contributed by atoms with E-state index in [1.807, 2.05) is 11.6 Å². The highest BCUT2D eigenvalue weighted by atomic mass is 32.1. The number of methoxy groups -OCH3 is 1. The SMILES string of the molecule is COc1nc2sccn2c1CNC(c1cccs1)C(C)C. The van der Waals surface area contributed by atoms with E-state index in [1.165, 1.54) is 4.88 Å². The van der Waals surface area contributed by atoms with E-state index in [1.54, 1.807) is 29.8 Å². The van der Waals surface area contributed by atoms with Crippen LogP contribution in [0.3, 0.4) is 0 Å². The van der Waals surface area contributed by atoms with Crippen molar-refractivity contribution in [1.82, 2.24) is 14.7 Å². The lowest BCUT2D eigenvalue weighted by Crippen LogP contribution is -2.25. The fourth-order valence-corrected chi connectivity index (χ4v) is 4.17. The minimum atomic E-state index is 0.346. The molecular formula is C15H19N3OS2. The van der Waals surface area contributed by atoms with E-state index in [2.05, 4.69) is 46.1 Å². The molecule has 0 aromatic carbocycles. The first-order valence-electron chi connectivity index (χ1n) is 6.96. The summed E-state index contributed by atoms with van der Waals surface area (Å²) < 4.78 is 7.51. The first-order valence-corrected chi connectivity index (χ1v) is 8.72. The molecule has 3 aromatic rings. The molecule has 0 radical (unpaired) electrons. The van der Waals surface area contributed by atoms with Crippen molar-refractivity contribution in [3.63, 3.8) is 0 Å². The van der Waals surface area contributed by atoms with Crippen molar-refractivity contribution < 1.29 is 4.74 Å². The number of hydrogen-bond acceptors (Lipinski definition) is 5. The third kappa shape index (κ3) is 2.84. The summed E-state index contributed by atoms with van der Waals surface area (Å²) in [6.07, 6.45) is 2.04. The van der Waals surface area contributed by atoms with Crippen LogP contribution in [0.5, 0.6) is 5.88 Å². The van der Waals surface area contributed by atoms with Crippen molar-refractivity contribution >= 4 is 27.6 Å². The van der Waals surface area contributed by atoms with Crippen LogP contribution in [0.15, 0.2) is 29.1 Å².